The van der Waals surface area contributed by atoms with Crippen molar-refractivity contribution in [2.24, 2.45) is 5.92 Å². The molecule has 4 nitrogen and oxygen atoms in total. The second-order valence-corrected chi connectivity index (χ2v) is 4.70. The quantitative estimate of drug-likeness (QED) is 0.902. The SMILES string of the molecule is COc1ccc(-n2cc(O)c(CC(C)C)n2)cc1. The van der Waals surface area contributed by atoms with Gasteiger partial charge in [0, 0.05) is 0 Å². The molecule has 1 heterocycles. The molecule has 18 heavy (non-hydrogen) atoms. The first-order valence-corrected chi connectivity index (χ1v) is 6.02. The van der Waals surface area contributed by atoms with Crippen LogP contribution in [0.2, 0.25) is 0 Å². The number of ether oxygens (including phenoxy) is 1. The zero-order valence-electron chi connectivity index (χ0n) is 10.9. The van der Waals surface area contributed by atoms with Crippen molar-refractivity contribution in [3.63, 3.8) is 0 Å². The number of rotatable bonds is 4. The standard InChI is InChI=1S/C14H18N2O2/c1-10(2)8-13-14(17)9-16(15-13)11-4-6-12(18-3)7-5-11/h4-7,9-10,17H,8H2,1-3H3. The number of aromatic nitrogens is 2. The fraction of sp³-hybridized carbons (Fsp3) is 0.357. The van der Waals surface area contributed by atoms with Gasteiger partial charge in [-0.2, -0.15) is 5.10 Å². The number of benzene rings is 1. The molecular formula is C14H18N2O2. The summed E-state index contributed by atoms with van der Waals surface area (Å²) in [5, 5.41) is 14.2. The Morgan fingerprint density at radius 3 is 2.50 bits per heavy atom. The molecule has 0 amide bonds. The van der Waals surface area contributed by atoms with Gasteiger partial charge in [-0.3, -0.25) is 0 Å². The van der Waals surface area contributed by atoms with Crippen molar-refractivity contribution in [2.45, 2.75) is 20.3 Å². The number of hydrogen-bond donors (Lipinski definition) is 1. The lowest BCUT2D eigenvalue weighted by atomic mass is 10.1. The highest BCUT2D eigenvalue weighted by atomic mass is 16.5. The van der Waals surface area contributed by atoms with Crippen molar-refractivity contribution in [3.05, 3.63) is 36.2 Å². The van der Waals surface area contributed by atoms with E-state index in [2.05, 4.69) is 18.9 Å². The summed E-state index contributed by atoms with van der Waals surface area (Å²) in [6.07, 6.45) is 2.41. The van der Waals surface area contributed by atoms with E-state index < -0.39 is 0 Å². The minimum absolute atomic E-state index is 0.250. The first-order chi connectivity index (χ1) is 8.60. The summed E-state index contributed by atoms with van der Waals surface area (Å²) in [4.78, 5) is 0. The highest BCUT2D eigenvalue weighted by Gasteiger charge is 2.10. The third-order valence-corrected chi connectivity index (χ3v) is 2.71. The molecule has 1 N–H and O–H groups in total. The third-order valence-electron chi connectivity index (χ3n) is 2.71. The average molecular weight is 246 g/mol. The number of aromatic hydroxyl groups is 1. The molecule has 0 saturated carbocycles. The Morgan fingerprint density at radius 2 is 1.94 bits per heavy atom. The Labute approximate surface area is 107 Å². The van der Waals surface area contributed by atoms with Crippen LogP contribution in [0.25, 0.3) is 5.69 Å². The Morgan fingerprint density at radius 1 is 1.28 bits per heavy atom. The third kappa shape index (κ3) is 2.64. The van der Waals surface area contributed by atoms with E-state index in [1.807, 2.05) is 24.3 Å². The summed E-state index contributed by atoms with van der Waals surface area (Å²) in [5.41, 5.74) is 1.64. The summed E-state index contributed by atoms with van der Waals surface area (Å²) in [5.74, 6) is 1.52. The van der Waals surface area contributed by atoms with Crippen LogP contribution < -0.4 is 4.74 Å². The molecule has 2 aromatic rings. The fourth-order valence-electron chi connectivity index (χ4n) is 1.80. The number of hydrogen-bond acceptors (Lipinski definition) is 3. The lowest BCUT2D eigenvalue weighted by Crippen LogP contribution is -1.99. The van der Waals surface area contributed by atoms with Gasteiger partial charge < -0.3 is 9.84 Å². The molecule has 96 valence electrons. The number of methoxy groups -OCH3 is 1. The van der Waals surface area contributed by atoms with Gasteiger partial charge in [0.2, 0.25) is 0 Å². The van der Waals surface area contributed by atoms with Gasteiger partial charge in [-0.15, -0.1) is 0 Å². The molecule has 0 unspecified atom stereocenters. The predicted molar refractivity (Wildman–Crippen MR) is 70.3 cm³/mol. The van der Waals surface area contributed by atoms with Crippen molar-refractivity contribution in [1.82, 2.24) is 9.78 Å². The molecule has 1 aromatic carbocycles. The molecule has 2 rings (SSSR count). The van der Waals surface area contributed by atoms with Crippen molar-refractivity contribution in [1.29, 1.82) is 0 Å². The first-order valence-electron chi connectivity index (χ1n) is 6.02. The zero-order chi connectivity index (χ0) is 13.1. The maximum atomic E-state index is 9.83. The summed E-state index contributed by atoms with van der Waals surface area (Å²) in [7, 11) is 1.63. The smallest absolute Gasteiger partial charge is 0.157 e. The Kier molecular flexibility index (Phi) is 3.55. The van der Waals surface area contributed by atoms with Gasteiger partial charge in [-0.05, 0) is 36.6 Å². The Bertz CT molecular complexity index is 515. The van der Waals surface area contributed by atoms with E-state index in [4.69, 9.17) is 4.74 Å². The molecule has 0 atom stereocenters. The van der Waals surface area contributed by atoms with Crippen LogP contribution in [-0.4, -0.2) is 22.0 Å². The van der Waals surface area contributed by atoms with Crippen LogP contribution in [0.5, 0.6) is 11.5 Å². The number of nitrogens with zero attached hydrogens (tertiary/aromatic N) is 2. The minimum Gasteiger partial charge on any atom is -0.504 e. The molecule has 0 saturated heterocycles. The predicted octanol–water partition coefficient (Wildman–Crippen LogP) is 2.79. The maximum absolute atomic E-state index is 9.83. The second-order valence-electron chi connectivity index (χ2n) is 4.70. The molecule has 0 fully saturated rings. The highest BCUT2D eigenvalue weighted by Crippen LogP contribution is 2.22. The van der Waals surface area contributed by atoms with E-state index in [9.17, 15) is 5.11 Å². The molecular weight excluding hydrogens is 228 g/mol. The van der Waals surface area contributed by atoms with Crippen LogP contribution in [0.3, 0.4) is 0 Å². The molecule has 0 aliphatic rings. The molecule has 0 aliphatic carbocycles. The van der Waals surface area contributed by atoms with E-state index in [0.29, 0.717) is 5.92 Å². The summed E-state index contributed by atoms with van der Waals surface area (Å²) in [6.45, 7) is 4.21. The van der Waals surface area contributed by atoms with Crippen LogP contribution in [0, 0.1) is 5.92 Å². The molecule has 0 radical (unpaired) electrons. The van der Waals surface area contributed by atoms with Crippen LogP contribution in [0.4, 0.5) is 0 Å². The zero-order valence-corrected chi connectivity index (χ0v) is 10.9. The Balaban J connectivity index is 2.27. The normalized spacial score (nSPS) is 10.9. The maximum Gasteiger partial charge on any atom is 0.157 e. The highest BCUT2D eigenvalue weighted by molar-refractivity contribution is 5.38. The summed E-state index contributed by atoms with van der Waals surface area (Å²) in [6, 6.07) is 7.56. The van der Waals surface area contributed by atoms with E-state index in [0.717, 1.165) is 23.6 Å². The van der Waals surface area contributed by atoms with Crippen molar-refractivity contribution in [2.75, 3.05) is 7.11 Å². The molecule has 0 spiro atoms. The van der Waals surface area contributed by atoms with E-state index >= 15 is 0 Å². The van der Waals surface area contributed by atoms with Crippen LogP contribution in [0.15, 0.2) is 30.5 Å². The van der Waals surface area contributed by atoms with Gasteiger partial charge in [-0.1, -0.05) is 13.8 Å². The Hall–Kier alpha value is -1.97. The lowest BCUT2D eigenvalue weighted by molar-refractivity contribution is 0.414. The van der Waals surface area contributed by atoms with Crippen LogP contribution in [-0.2, 0) is 6.42 Å². The second kappa shape index (κ2) is 5.12. The molecule has 1 aromatic heterocycles. The molecule has 4 heteroatoms. The minimum atomic E-state index is 0.250. The van der Waals surface area contributed by atoms with E-state index in [1.54, 1.807) is 18.0 Å². The van der Waals surface area contributed by atoms with Crippen LogP contribution in [0.1, 0.15) is 19.5 Å². The first kappa shape index (κ1) is 12.5. The summed E-state index contributed by atoms with van der Waals surface area (Å²) >= 11 is 0. The largest absolute Gasteiger partial charge is 0.504 e. The van der Waals surface area contributed by atoms with Crippen molar-refractivity contribution < 1.29 is 9.84 Å². The fourth-order valence-corrected chi connectivity index (χ4v) is 1.80. The van der Waals surface area contributed by atoms with Gasteiger partial charge in [0.25, 0.3) is 0 Å². The van der Waals surface area contributed by atoms with E-state index in [-0.39, 0.29) is 5.75 Å². The van der Waals surface area contributed by atoms with Crippen molar-refractivity contribution >= 4 is 0 Å². The average Bonchev–Trinajstić information content (AvgIpc) is 2.70. The van der Waals surface area contributed by atoms with Gasteiger partial charge >= 0.3 is 0 Å². The lowest BCUT2D eigenvalue weighted by Gasteiger charge is -2.03. The van der Waals surface area contributed by atoms with Gasteiger partial charge in [0.1, 0.15) is 11.4 Å². The topological polar surface area (TPSA) is 47.3 Å². The monoisotopic (exact) mass is 246 g/mol. The van der Waals surface area contributed by atoms with E-state index in [1.165, 1.54) is 0 Å². The van der Waals surface area contributed by atoms with Gasteiger partial charge in [0.05, 0.1) is 19.0 Å². The molecule has 0 aliphatic heterocycles. The summed E-state index contributed by atoms with van der Waals surface area (Å²) < 4.78 is 6.79. The van der Waals surface area contributed by atoms with Crippen molar-refractivity contribution in [3.8, 4) is 17.2 Å². The van der Waals surface area contributed by atoms with Gasteiger partial charge in [0.15, 0.2) is 5.75 Å². The van der Waals surface area contributed by atoms with Crippen LogP contribution >= 0.6 is 0 Å². The van der Waals surface area contributed by atoms with Gasteiger partial charge in [-0.25, -0.2) is 4.68 Å². The molecule has 0 bridgehead atoms.